The Morgan fingerprint density at radius 3 is 3.00 bits per heavy atom. The van der Waals surface area contributed by atoms with Gasteiger partial charge in [-0.05, 0) is 19.3 Å². The molecule has 1 N–H and O–H groups in total. The molecule has 0 aromatic carbocycles. The van der Waals surface area contributed by atoms with Gasteiger partial charge in [0.15, 0.2) is 5.69 Å². The second kappa shape index (κ2) is 4.02. The summed E-state index contributed by atoms with van der Waals surface area (Å²) < 4.78 is 7.14. The fourth-order valence-electron chi connectivity index (χ4n) is 2.05. The molecule has 1 aliphatic rings. The molecular formula is C10H14N2O3. The Balaban J connectivity index is 2.07. The number of hydrogen-bond acceptors (Lipinski definition) is 3. The number of methoxy groups -OCH3 is 1. The standard InChI is InChI=1S/C10H14N2O3/c1-15-8-3-2-7(4-8)12-5-9(10(13)14)11-6-12/h5-8H,2-4H2,1H3,(H,13,14). The van der Waals surface area contributed by atoms with Crippen LogP contribution in [-0.2, 0) is 4.74 Å². The SMILES string of the molecule is COC1CCC(n2cnc(C(=O)O)c2)C1. The van der Waals surface area contributed by atoms with Crippen LogP contribution >= 0.6 is 0 Å². The molecule has 0 radical (unpaired) electrons. The monoisotopic (exact) mass is 210 g/mol. The van der Waals surface area contributed by atoms with E-state index in [1.807, 2.05) is 4.57 Å². The maximum atomic E-state index is 10.6. The van der Waals surface area contributed by atoms with E-state index in [4.69, 9.17) is 9.84 Å². The van der Waals surface area contributed by atoms with Gasteiger partial charge in [-0.2, -0.15) is 0 Å². The van der Waals surface area contributed by atoms with E-state index in [0.717, 1.165) is 19.3 Å². The predicted octanol–water partition coefficient (Wildman–Crippen LogP) is 1.32. The van der Waals surface area contributed by atoms with E-state index in [2.05, 4.69) is 4.98 Å². The van der Waals surface area contributed by atoms with E-state index in [1.165, 1.54) is 0 Å². The summed E-state index contributed by atoms with van der Waals surface area (Å²) >= 11 is 0. The summed E-state index contributed by atoms with van der Waals surface area (Å²) in [7, 11) is 1.71. The van der Waals surface area contributed by atoms with Crippen molar-refractivity contribution in [2.24, 2.45) is 0 Å². The van der Waals surface area contributed by atoms with Crippen molar-refractivity contribution in [1.29, 1.82) is 0 Å². The van der Waals surface area contributed by atoms with Crippen molar-refractivity contribution in [2.75, 3.05) is 7.11 Å². The van der Waals surface area contributed by atoms with Gasteiger partial charge in [0.05, 0.1) is 12.4 Å². The predicted molar refractivity (Wildman–Crippen MR) is 52.9 cm³/mol. The summed E-state index contributed by atoms with van der Waals surface area (Å²) in [6.07, 6.45) is 6.46. The van der Waals surface area contributed by atoms with Gasteiger partial charge in [-0.15, -0.1) is 0 Å². The molecule has 5 nitrogen and oxygen atoms in total. The molecule has 1 aliphatic carbocycles. The number of aromatic carboxylic acids is 1. The van der Waals surface area contributed by atoms with Crippen LogP contribution in [0.1, 0.15) is 35.8 Å². The Labute approximate surface area is 87.7 Å². The Hall–Kier alpha value is -1.36. The number of carbonyl (C=O) groups is 1. The van der Waals surface area contributed by atoms with Crippen LogP contribution in [-0.4, -0.2) is 33.8 Å². The molecule has 0 aliphatic heterocycles. The maximum absolute atomic E-state index is 10.6. The lowest BCUT2D eigenvalue weighted by Gasteiger charge is -2.11. The lowest BCUT2D eigenvalue weighted by atomic mass is 10.2. The molecule has 5 heteroatoms. The lowest BCUT2D eigenvalue weighted by Crippen LogP contribution is -2.07. The Bertz CT molecular complexity index is 361. The topological polar surface area (TPSA) is 64.4 Å². The van der Waals surface area contributed by atoms with Crippen LogP contribution in [0.25, 0.3) is 0 Å². The zero-order valence-electron chi connectivity index (χ0n) is 8.59. The quantitative estimate of drug-likeness (QED) is 0.817. The summed E-state index contributed by atoms with van der Waals surface area (Å²) in [6.45, 7) is 0. The lowest BCUT2D eigenvalue weighted by molar-refractivity contribution is 0.0691. The Kier molecular flexibility index (Phi) is 2.73. The number of hydrogen-bond donors (Lipinski definition) is 1. The first-order valence-electron chi connectivity index (χ1n) is 5.00. The number of ether oxygens (including phenoxy) is 1. The molecule has 2 unspecified atom stereocenters. The van der Waals surface area contributed by atoms with Crippen molar-refractivity contribution in [3.8, 4) is 0 Å². The van der Waals surface area contributed by atoms with Crippen LogP contribution in [0.5, 0.6) is 0 Å². The third kappa shape index (κ3) is 2.02. The van der Waals surface area contributed by atoms with E-state index in [9.17, 15) is 4.79 Å². The van der Waals surface area contributed by atoms with Gasteiger partial charge in [0.1, 0.15) is 0 Å². The first-order chi connectivity index (χ1) is 7.20. The number of nitrogens with zero attached hydrogens (tertiary/aromatic N) is 2. The molecule has 1 saturated carbocycles. The molecular weight excluding hydrogens is 196 g/mol. The van der Waals surface area contributed by atoms with Crippen molar-refractivity contribution < 1.29 is 14.6 Å². The van der Waals surface area contributed by atoms with Crippen molar-refractivity contribution in [1.82, 2.24) is 9.55 Å². The van der Waals surface area contributed by atoms with E-state index in [0.29, 0.717) is 12.1 Å². The third-order valence-electron chi connectivity index (χ3n) is 2.93. The first kappa shape index (κ1) is 10.2. The van der Waals surface area contributed by atoms with E-state index < -0.39 is 5.97 Å². The van der Waals surface area contributed by atoms with Crippen LogP contribution < -0.4 is 0 Å². The van der Waals surface area contributed by atoms with E-state index >= 15 is 0 Å². The molecule has 1 fully saturated rings. The normalized spacial score (nSPS) is 25.7. The van der Waals surface area contributed by atoms with Gasteiger partial charge in [-0.25, -0.2) is 9.78 Å². The van der Waals surface area contributed by atoms with Crippen LogP contribution in [0.3, 0.4) is 0 Å². The molecule has 15 heavy (non-hydrogen) atoms. The van der Waals surface area contributed by atoms with Gasteiger partial charge in [0.2, 0.25) is 0 Å². The maximum Gasteiger partial charge on any atom is 0.356 e. The largest absolute Gasteiger partial charge is 0.476 e. The molecule has 1 heterocycles. The minimum absolute atomic E-state index is 0.107. The average molecular weight is 210 g/mol. The summed E-state index contributed by atoms with van der Waals surface area (Å²) in [4.78, 5) is 14.5. The highest BCUT2D eigenvalue weighted by Gasteiger charge is 2.26. The van der Waals surface area contributed by atoms with Gasteiger partial charge < -0.3 is 14.4 Å². The third-order valence-corrected chi connectivity index (χ3v) is 2.93. The highest BCUT2D eigenvalue weighted by atomic mass is 16.5. The van der Waals surface area contributed by atoms with Crippen LogP contribution in [0.2, 0.25) is 0 Å². The minimum atomic E-state index is -0.977. The van der Waals surface area contributed by atoms with Crippen molar-refractivity contribution >= 4 is 5.97 Å². The number of rotatable bonds is 3. The van der Waals surface area contributed by atoms with Crippen molar-refractivity contribution in [3.63, 3.8) is 0 Å². The summed E-state index contributed by atoms with van der Waals surface area (Å²) in [6, 6.07) is 0.329. The second-order valence-electron chi connectivity index (χ2n) is 3.84. The molecule has 82 valence electrons. The number of carboxylic acid groups (broad SMARTS) is 1. The van der Waals surface area contributed by atoms with Gasteiger partial charge >= 0.3 is 5.97 Å². The minimum Gasteiger partial charge on any atom is -0.476 e. The molecule has 2 rings (SSSR count). The molecule has 0 saturated heterocycles. The highest BCUT2D eigenvalue weighted by Crippen LogP contribution is 2.31. The number of aromatic nitrogens is 2. The van der Waals surface area contributed by atoms with Crippen LogP contribution in [0, 0.1) is 0 Å². The van der Waals surface area contributed by atoms with Crippen molar-refractivity contribution in [2.45, 2.75) is 31.4 Å². The summed E-state index contributed by atoms with van der Waals surface area (Å²) in [5.41, 5.74) is 0.107. The van der Waals surface area contributed by atoms with Crippen molar-refractivity contribution in [3.05, 3.63) is 18.2 Å². The Morgan fingerprint density at radius 2 is 2.47 bits per heavy atom. The van der Waals surface area contributed by atoms with E-state index in [-0.39, 0.29) is 5.69 Å². The average Bonchev–Trinajstić information content (AvgIpc) is 2.86. The summed E-state index contributed by atoms with van der Waals surface area (Å²) in [5.74, 6) is -0.977. The number of imidazole rings is 1. The van der Waals surface area contributed by atoms with Crippen LogP contribution in [0.4, 0.5) is 0 Å². The van der Waals surface area contributed by atoms with E-state index in [1.54, 1.807) is 19.6 Å². The molecule has 1 aromatic rings. The van der Waals surface area contributed by atoms with Gasteiger partial charge in [-0.1, -0.05) is 0 Å². The fourth-order valence-corrected chi connectivity index (χ4v) is 2.05. The summed E-state index contributed by atoms with van der Waals surface area (Å²) in [5, 5.41) is 8.74. The van der Waals surface area contributed by atoms with Gasteiger partial charge in [0, 0.05) is 19.3 Å². The smallest absolute Gasteiger partial charge is 0.356 e. The zero-order chi connectivity index (χ0) is 10.8. The highest BCUT2D eigenvalue weighted by molar-refractivity contribution is 5.84. The molecule has 0 spiro atoms. The second-order valence-corrected chi connectivity index (χ2v) is 3.84. The molecule has 1 aromatic heterocycles. The van der Waals surface area contributed by atoms with Crippen LogP contribution in [0.15, 0.2) is 12.5 Å². The molecule has 2 atom stereocenters. The van der Waals surface area contributed by atoms with Gasteiger partial charge in [-0.3, -0.25) is 0 Å². The molecule has 0 amide bonds. The zero-order valence-corrected chi connectivity index (χ0v) is 8.59. The molecule has 0 bridgehead atoms. The Morgan fingerprint density at radius 1 is 1.67 bits per heavy atom. The first-order valence-corrected chi connectivity index (χ1v) is 5.00. The number of carboxylic acids is 1. The fraction of sp³-hybridized carbons (Fsp3) is 0.600. The van der Waals surface area contributed by atoms with Gasteiger partial charge in [0.25, 0.3) is 0 Å².